The average Bonchev–Trinajstić information content (AvgIpc) is 3.09. The van der Waals surface area contributed by atoms with Gasteiger partial charge in [-0.05, 0) is 51.3 Å². The topological polar surface area (TPSA) is 76.2 Å². The molecule has 0 amide bonds. The number of oxazole rings is 1. The Morgan fingerprint density at radius 1 is 1.29 bits per heavy atom. The Morgan fingerprint density at radius 2 is 2.14 bits per heavy atom. The highest BCUT2D eigenvalue weighted by Crippen LogP contribution is 2.24. The van der Waals surface area contributed by atoms with E-state index < -0.39 is 0 Å². The van der Waals surface area contributed by atoms with Crippen LogP contribution in [-0.4, -0.2) is 33.9 Å². The standard InChI is InChI=1S/C20H24FN5O2/c1-13(2)26-19(27)9-8-18(24-26)25-10-4-3-5-15(25)12-22-20-23-16-11-14(21)6-7-17(16)28-20/h6-9,11,13,15H,3-5,10,12H2,1-2H3,(H,22,23). The van der Waals surface area contributed by atoms with Gasteiger partial charge in [-0.3, -0.25) is 4.79 Å². The van der Waals surface area contributed by atoms with Crippen molar-refractivity contribution in [2.75, 3.05) is 23.3 Å². The molecular formula is C20H24FN5O2. The van der Waals surface area contributed by atoms with Crippen LogP contribution < -0.4 is 15.8 Å². The molecule has 0 radical (unpaired) electrons. The van der Waals surface area contributed by atoms with E-state index in [-0.39, 0.29) is 23.5 Å². The summed E-state index contributed by atoms with van der Waals surface area (Å²) >= 11 is 0. The predicted molar refractivity (Wildman–Crippen MR) is 106 cm³/mol. The third-order valence-electron chi connectivity index (χ3n) is 5.06. The second-order valence-corrected chi connectivity index (χ2v) is 7.42. The second kappa shape index (κ2) is 7.61. The fourth-order valence-corrected chi connectivity index (χ4v) is 3.63. The molecule has 1 aliphatic rings. The summed E-state index contributed by atoms with van der Waals surface area (Å²) in [5, 5.41) is 7.80. The smallest absolute Gasteiger partial charge is 0.295 e. The van der Waals surface area contributed by atoms with Crippen molar-refractivity contribution in [3.8, 4) is 0 Å². The molecule has 148 valence electrons. The zero-order valence-corrected chi connectivity index (χ0v) is 16.1. The molecule has 28 heavy (non-hydrogen) atoms. The fraction of sp³-hybridized carbons (Fsp3) is 0.450. The van der Waals surface area contributed by atoms with Crippen LogP contribution >= 0.6 is 0 Å². The van der Waals surface area contributed by atoms with Crippen molar-refractivity contribution in [1.82, 2.24) is 14.8 Å². The van der Waals surface area contributed by atoms with Crippen LogP contribution in [0, 0.1) is 5.82 Å². The fourth-order valence-electron chi connectivity index (χ4n) is 3.63. The van der Waals surface area contributed by atoms with Crippen LogP contribution in [0.15, 0.2) is 39.5 Å². The molecule has 1 aliphatic heterocycles. The Labute approximate surface area is 162 Å². The summed E-state index contributed by atoms with van der Waals surface area (Å²) in [5.74, 6) is 0.469. The summed E-state index contributed by atoms with van der Waals surface area (Å²) in [5.41, 5.74) is 0.952. The first-order chi connectivity index (χ1) is 13.5. The molecule has 1 N–H and O–H groups in total. The number of halogens is 1. The molecule has 2 aromatic heterocycles. The van der Waals surface area contributed by atoms with Gasteiger partial charge >= 0.3 is 0 Å². The van der Waals surface area contributed by atoms with Gasteiger partial charge in [0.1, 0.15) is 17.2 Å². The van der Waals surface area contributed by atoms with Gasteiger partial charge in [0.05, 0.1) is 6.04 Å². The highest BCUT2D eigenvalue weighted by molar-refractivity contribution is 5.74. The molecule has 1 fully saturated rings. The van der Waals surface area contributed by atoms with Crippen LogP contribution in [0.25, 0.3) is 11.1 Å². The van der Waals surface area contributed by atoms with Gasteiger partial charge in [0.15, 0.2) is 5.58 Å². The number of rotatable bonds is 5. The Hall–Kier alpha value is -2.90. The minimum atomic E-state index is -0.336. The van der Waals surface area contributed by atoms with E-state index in [0.29, 0.717) is 23.7 Å². The highest BCUT2D eigenvalue weighted by atomic mass is 19.1. The molecule has 0 saturated carbocycles. The van der Waals surface area contributed by atoms with Crippen molar-refractivity contribution in [2.24, 2.45) is 0 Å². The second-order valence-electron chi connectivity index (χ2n) is 7.42. The summed E-state index contributed by atoms with van der Waals surface area (Å²) < 4.78 is 20.5. The molecule has 1 saturated heterocycles. The minimum Gasteiger partial charge on any atom is -0.424 e. The molecule has 1 aromatic carbocycles. The van der Waals surface area contributed by atoms with Crippen molar-refractivity contribution in [3.05, 3.63) is 46.5 Å². The first-order valence-electron chi connectivity index (χ1n) is 9.68. The zero-order chi connectivity index (χ0) is 19.7. The van der Waals surface area contributed by atoms with E-state index in [4.69, 9.17) is 4.42 Å². The van der Waals surface area contributed by atoms with E-state index in [2.05, 4.69) is 20.3 Å². The van der Waals surface area contributed by atoms with E-state index in [1.807, 2.05) is 13.8 Å². The highest BCUT2D eigenvalue weighted by Gasteiger charge is 2.25. The molecule has 0 spiro atoms. The molecule has 1 atom stereocenters. The summed E-state index contributed by atoms with van der Waals surface area (Å²) in [6.45, 7) is 5.40. The van der Waals surface area contributed by atoms with Crippen molar-refractivity contribution < 1.29 is 8.81 Å². The Bertz CT molecular complexity index is 1030. The average molecular weight is 385 g/mol. The summed E-state index contributed by atoms with van der Waals surface area (Å²) in [6, 6.07) is 8.25. The summed E-state index contributed by atoms with van der Waals surface area (Å²) in [4.78, 5) is 18.6. The quantitative estimate of drug-likeness (QED) is 0.724. The summed E-state index contributed by atoms with van der Waals surface area (Å²) in [6.07, 6.45) is 3.22. The third-order valence-corrected chi connectivity index (χ3v) is 5.06. The first kappa shape index (κ1) is 18.5. The number of hydrogen-bond donors (Lipinski definition) is 1. The first-order valence-corrected chi connectivity index (χ1v) is 9.68. The Morgan fingerprint density at radius 3 is 2.96 bits per heavy atom. The molecule has 8 heteroatoms. The van der Waals surface area contributed by atoms with Crippen LogP contribution in [0.4, 0.5) is 16.2 Å². The van der Waals surface area contributed by atoms with E-state index in [0.717, 1.165) is 31.6 Å². The van der Waals surface area contributed by atoms with Crippen LogP contribution in [0.1, 0.15) is 39.2 Å². The van der Waals surface area contributed by atoms with Crippen LogP contribution in [0.5, 0.6) is 0 Å². The number of nitrogens with one attached hydrogen (secondary N) is 1. The monoisotopic (exact) mass is 385 g/mol. The van der Waals surface area contributed by atoms with E-state index >= 15 is 0 Å². The number of hydrogen-bond acceptors (Lipinski definition) is 6. The van der Waals surface area contributed by atoms with Gasteiger partial charge in [-0.15, -0.1) is 0 Å². The lowest BCUT2D eigenvalue weighted by Crippen LogP contribution is -2.45. The lowest BCUT2D eigenvalue weighted by Gasteiger charge is -2.36. The molecule has 7 nitrogen and oxygen atoms in total. The lowest BCUT2D eigenvalue weighted by molar-refractivity contribution is 0.449. The Balaban J connectivity index is 1.52. The number of benzene rings is 1. The van der Waals surface area contributed by atoms with Crippen molar-refractivity contribution in [1.29, 1.82) is 0 Å². The normalized spacial score (nSPS) is 17.4. The Kier molecular flexibility index (Phi) is 5.02. The van der Waals surface area contributed by atoms with Gasteiger partial charge in [0.25, 0.3) is 11.6 Å². The van der Waals surface area contributed by atoms with Gasteiger partial charge in [0, 0.05) is 31.3 Å². The summed E-state index contributed by atoms with van der Waals surface area (Å²) in [7, 11) is 0. The predicted octanol–water partition coefficient (Wildman–Crippen LogP) is 3.58. The number of aromatic nitrogens is 3. The molecule has 3 heterocycles. The van der Waals surface area contributed by atoms with Gasteiger partial charge in [-0.1, -0.05) is 0 Å². The van der Waals surface area contributed by atoms with Crippen molar-refractivity contribution >= 4 is 22.9 Å². The molecule has 3 aromatic rings. The van der Waals surface area contributed by atoms with Crippen LogP contribution in [-0.2, 0) is 0 Å². The SMILES string of the molecule is CC(C)n1nc(N2CCCCC2CNc2nc3cc(F)ccc3o2)ccc1=O. The third kappa shape index (κ3) is 3.72. The van der Waals surface area contributed by atoms with Crippen molar-refractivity contribution in [2.45, 2.75) is 45.2 Å². The minimum absolute atomic E-state index is 0.00830. The van der Waals surface area contributed by atoms with Gasteiger partial charge in [-0.25, -0.2) is 9.07 Å². The molecule has 4 rings (SSSR count). The molecule has 0 bridgehead atoms. The zero-order valence-electron chi connectivity index (χ0n) is 16.1. The van der Waals surface area contributed by atoms with E-state index in [9.17, 15) is 9.18 Å². The molecule has 1 unspecified atom stereocenters. The maximum absolute atomic E-state index is 13.3. The maximum Gasteiger partial charge on any atom is 0.295 e. The van der Waals surface area contributed by atoms with Gasteiger partial charge < -0.3 is 14.6 Å². The van der Waals surface area contributed by atoms with Crippen molar-refractivity contribution in [3.63, 3.8) is 0 Å². The van der Waals surface area contributed by atoms with Crippen LogP contribution in [0.3, 0.4) is 0 Å². The lowest BCUT2D eigenvalue weighted by atomic mass is 10.0. The van der Waals surface area contributed by atoms with Gasteiger partial charge in [-0.2, -0.15) is 10.1 Å². The van der Waals surface area contributed by atoms with Gasteiger partial charge in [0.2, 0.25) is 0 Å². The number of nitrogens with zero attached hydrogens (tertiary/aromatic N) is 4. The van der Waals surface area contributed by atoms with Crippen LogP contribution in [0.2, 0.25) is 0 Å². The molecule has 0 aliphatic carbocycles. The number of piperidine rings is 1. The number of fused-ring (bicyclic) bond motifs is 1. The molecular weight excluding hydrogens is 361 g/mol. The number of anilines is 2. The largest absolute Gasteiger partial charge is 0.424 e. The van der Waals surface area contributed by atoms with E-state index in [1.54, 1.807) is 18.2 Å². The maximum atomic E-state index is 13.3. The van der Waals surface area contributed by atoms with E-state index in [1.165, 1.54) is 16.8 Å².